The summed E-state index contributed by atoms with van der Waals surface area (Å²) in [5.41, 5.74) is -0.0353. The highest BCUT2D eigenvalue weighted by atomic mass is 79.9. The van der Waals surface area contributed by atoms with Crippen LogP contribution in [-0.4, -0.2) is 18.1 Å². The average Bonchev–Trinajstić information content (AvgIpc) is 2.22. The summed E-state index contributed by atoms with van der Waals surface area (Å²) < 4.78 is 11.0. The van der Waals surface area contributed by atoms with Crippen LogP contribution in [0.3, 0.4) is 0 Å². The zero-order valence-electron chi connectivity index (χ0n) is 9.03. The summed E-state index contributed by atoms with van der Waals surface area (Å²) in [6, 6.07) is 2.91. The number of ether oxygens (including phenoxy) is 2. The van der Waals surface area contributed by atoms with Crippen molar-refractivity contribution in [3.63, 3.8) is 0 Å². The van der Waals surface area contributed by atoms with E-state index in [0.717, 1.165) is 0 Å². The van der Waals surface area contributed by atoms with Crippen molar-refractivity contribution in [2.24, 2.45) is 0 Å². The van der Waals surface area contributed by atoms with E-state index in [1.54, 1.807) is 6.07 Å². The van der Waals surface area contributed by atoms with E-state index in [2.05, 4.69) is 15.9 Å². The van der Waals surface area contributed by atoms with Crippen molar-refractivity contribution in [2.75, 3.05) is 13.2 Å². The van der Waals surface area contributed by atoms with E-state index < -0.39 is 4.92 Å². The Morgan fingerprint density at radius 1 is 1.25 bits per heavy atom. The van der Waals surface area contributed by atoms with Gasteiger partial charge >= 0.3 is 0 Å². The van der Waals surface area contributed by atoms with Gasteiger partial charge in [-0.3, -0.25) is 10.1 Å². The molecule has 0 atom stereocenters. The number of hydrogen-bond acceptors (Lipinski definition) is 4. The minimum absolute atomic E-state index is 0.0353. The second-order valence-corrected chi connectivity index (χ2v) is 3.73. The SMILES string of the molecule is CCOc1cc(Br)c([N+](=O)[O-])cc1OCC. The molecule has 0 aliphatic heterocycles. The first-order valence-corrected chi connectivity index (χ1v) is 5.63. The summed E-state index contributed by atoms with van der Waals surface area (Å²) in [7, 11) is 0. The van der Waals surface area contributed by atoms with E-state index in [0.29, 0.717) is 29.2 Å². The summed E-state index contributed by atoms with van der Waals surface area (Å²) in [6.07, 6.45) is 0. The first kappa shape index (κ1) is 12.8. The van der Waals surface area contributed by atoms with Gasteiger partial charge < -0.3 is 9.47 Å². The molecular formula is C10H12BrNO4. The summed E-state index contributed by atoms with van der Waals surface area (Å²) in [5, 5.41) is 10.7. The molecule has 6 heteroatoms. The van der Waals surface area contributed by atoms with E-state index in [1.807, 2.05) is 13.8 Å². The lowest BCUT2D eigenvalue weighted by Crippen LogP contribution is -2.00. The molecule has 0 N–H and O–H groups in total. The minimum Gasteiger partial charge on any atom is -0.490 e. The zero-order valence-corrected chi connectivity index (χ0v) is 10.6. The molecule has 0 heterocycles. The molecule has 0 aromatic heterocycles. The molecular weight excluding hydrogens is 278 g/mol. The van der Waals surface area contributed by atoms with E-state index in [4.69, 9.17) is 9.47 Å². The van der Waals surface area contributed by atoms with Crippen molar-refractivity contribution >= 4 is 21.6 Å². The van der Waals surface area contributed by atoms with Crippen molar-refractivity contribution < 1.29 is 14.4 Å². The first-order valence-electron chi connectivity index (χ1n) is 4.83. The van der Waals surface area contributed by atoms with Gasteiger partial charge in [0.15, 0.2) is 11.5 Å². The maximum atomic E-state index is 10.7. The number of benzene rings is 1. The molecule has 0 fully saturated rings. The van der Waals surface area contributed by atoms with Crippen LogP contribution in [0.1, 0.15) is 13.8 Å². The van der Waals surface area contributed by atoms with Crippen LogP contribution in [0.4, 0.5) is 5.69 Å². The second kappa shape index (κ2) is 5.69. The molecule has 1 rings (SSSR count). The Morgan fingerprint density at radius 2 is 1.75 bits per heavy atom. The van der Waals surface area contributed by atoms with Gasteiger partial charge in [-0.25, -0.2) is 0 Å². The van der Waals surface area contributed by atoms with Crippen molar-refractivity contribution in [1.29, 1.82) is 0 Å². The highest BCUT2D eigenvalue weighted by Gasteiger charge is 2.17. The molecule has 0 saturated carbocycles. The van der Waals surface area contributed by atoms with Crippen LogP contribution in [0.5, 0.6) is 11.5 Å². The lowest BCUT2D eigenvalue weighted by Gasteiger charge is -2.10. The van der Waals surface area contributed by atoms with Crippen LogP contribution in [0.15, 0.2) is 16.6 Å². The van der Waals surface area contributed by atoms with Crippen molar-refractivity contribution in [3.05, 3.63) is 26.7 Å². The number of hydrogen-bond donors (Lipinski definition) is 0. The molecule has 0 aliphatic carbocycles. The molecule has 0 unspecified atom stereocenters. The third kappa shape index (κ3) is 2.85. The molecule has 1 aromatic rings. The summed E-state index contributed by atoms with van der Waals surface area (Å²) in [5.74, 6) is 0.890. The molecule has 0 radical (unpaired) electrons. The quantitative estimate of drug-likeness (QED) is 0.617. The highest BCUT2D eigenvalue weighted by Crippen LogP contribution is 2.37. The van der Waals surface area contributed by atoms with Crippen LogP contribution in [0, 0.1) is 10.1 Å². The van der Waals surface area contributed by atoms with Crippen LogP contribution in [-0.2, 0) is 0 Å². The fourth-order valence-corrected chi connectivity index (χ4v) is 1.67. The lowest BCUT2D eigenvalue weighted by molar-refractivity contribution is -0.385. The summed E-state index contributed by atoms with van der Waals surface area (Å²) >= 11 is 3.13. The maximum absolute atomic E-state index is 10.7. The average molecular weight is 290 g/mol. The molecule has 0 aliphatic rings. The topological polar surface area (TPSA) is 61.6 Å². The minimum atomic E-state index is -0.470. The van der Waals surface area contributed by atoms with Crippen molar-refractivity contribution in [2.45, 2.75) is 13.8 Å². The third-order valence-electron chi connectivity index (χ3n) is 1.81. The number of nitro benzene ring substituents is 1. The van der Waals surface area contributed by atoms with Crippen molar-refractivity contribution in [3.8, 4) is 11.5 Å². The molecule has 5 nitrogen and oxygen atoms in total. The standard InChI is InChI=1S/C10H12BrNO4/c1-3-15-9-5-7(11)8(12(13)14)6-10(9)16-4-2/h5-6H,3-4H2,1-2H3. The van der Waals surface area contributed by atoms with Crippen molar-refractivity contribution in [1.82, 2.24) is 0 Å². The van der Waals surface area contributed by atoms with Gasteiger partial charge in [-0.05, 0) is 29.8 Å². The van der Waals surface area contributed by atoms with Crippen LogP contribution in [0.2, 0.25) is 0 Å². The van der Waals surface area contributed by atoms with E-state index >= 15 is 0 Å². The highest BCUT2D eigenvalue weighted by molar-refractivity contribution is 9.10. The first-order chi connectivity index (χ1) is 7.60. The van der Waals surface area contributed by atoms with Gasteiger partial charge in [-0.2, -0.15) is 0 Å². The Kier molecular flexibility index (Phi) is 4.54. The molecule has 0 amide bonds. The number of nitrogens with zero attached hydrogens (tertiary/aromatic N) is 1. The van der Waals surface area contributed by atoms with Crippen LogP contribution >= 0.6 is 15.9 Å². The molecule has 1 aromatic carbocycles. The number of nitro groups is 1. The van der Waals surface area contributed by atoms with Gasteiger partial charge in [-0.1, -0.05) is 0 Å². The fraction of sp³-hybridized carbons (Fsp3) is 0.400. The summed E-state index contributed by atoms with van der Waals surface area (Å²) in [4.78, 5) is 10.3. The Hall–Kier alpha value is -1.30. The van der Waals surface area contributed by atoms with E-state index in [-0.39, 0.29) is 5.69 Å². The molecule has 0 saturated heterocycles. The predicted molar refractivity (Wildman–Crippen MR) is 63.1 cm³/mol. The van der Waals surface area contributed by atoms with E-state index in [9.17, 15) is 10.1 Å². The normalized spacial score (nSPS) is 9.94. The molecule has 16 heavy (non-hydrogen) atoms. The monoisotopic (exact) mass is 289 g/mol. The van der Waals surface area contributed by atoms with Crippen LogP contribution < -0.4 is 9.47 Å². The Balaban J connectivity index is 3.19. The Labute approximate surface area is 102 Å². The van der Waals surface area contributed by atoms with Gasteiger partial charge in [0.05, 0.1) is 28.7 Å². The summed E-state index contributed by atoms with van der Waals surface area (Å²) in [6.45, 7) is 4.55. The Morgan fingerprint density at radius 3 is 2.19 bits per heavy atom. The second-order valence-electron chi connectivity index (χ2n) is 2.87. The largest absolute Gasteiger partial charge is 0.490 e. The van der Waals surface area contributed by atoms with Gasteiger partial charge in [0.1, 0.15) is 0 Å². The Bertz CT molecular complexity index is 395. The number of rotatable bonds is 5. The van der Waals surface area contributed by atoms with Gasteiger partial charge in [0.2, 0.25) is 0 Å². The predicted octanol–water partition coefficient (Wildman–Crippen LogP) is 3.15. The van der Waals surface area contributed by atoms with Gasteiger partial charge in [0.25, 0.3) is 5.69 Å². The molecule has 0 spiro atoms. The third-order valence-corrected chi connectivity index (χ3v) is 2.44. The maximum Gasteiger partial charge on any atom is 0.287 e. The molecule has 88 valence electrons. The smallest absolute Gasteiger partial charge is 0.287 e. The fourth-order valence-electron chi connectivity index (χ4n) is 1.20. The lowest BCUT2D eigenvalue weighted by atomic mass is 10.3. The number of halogens is 1. The van der Waals surface area contributed by atoms with Gasteiger partial charge in [-0.15, -0.1) is 0 Å². The van der Waals surface area contributed by atoms with Gasteiger partial charge in [0, 0.05) is 6.07 Å². The molecule has 0 bridgehead atoms. The van der Waals surface area contributed by atoms with E-state index in [1.165, 1.54) is 6.07 Å². The zero-order chi connectivity index (χ0) is 12.1. The van der Waals surface area contributed by atoms with Crippen LogP contribution in [0.25, 0.3) is 0 Å².